The van der Waals surface area contributed by atoms with Crippen LogP contribution < -0.4 is 0 Å². The van der Waals surface area contributed by atoms with Gasteiger partial charge in [0.25, 0.3) is 0 Å². The summed E-state index contributed by atoms with van der Waals surface area (Å²) in [4.78, 5) is 10.8. The molecule has 53 heavy (non-hydrogen) atoms. The first-order chi connectivity index (χ1) is 25.0. The zero-order valence-corrected chi connectivity index (χ0v) is 33.2. The van der Waals surface area contributed by atoms with Gasteiger partial charge in [0.15, 0.2) is 0 Å². The molecule has 6 nitrogen and oxygen atoms in total. The molecule has 0 N–H and O–H groups in total. The molecule has 2 unspecified atom stereocenters. The van der Waals surface area contributed by atoms with E-state index in [4.69, 9.17) is 12.8 Å². The second-order valence-electron chi connectivity index (χ2n) is 12.6. The minimum atomic E-state index is 0. The van der Waals surface area contributed by atoms with Crippen molar-refractivity contribution in [3.8, 4) is 11.8 Å². The fraction of sp³-hybridized carbons (Fsp3) is 0.111. The average Bonchev–Trinajstić information content (AvgIpc) is 3.94. The summed E-state index contributed by atoms with van der Waals surface area (Å²) in [7, 11) is 4.11. The summed E-state index contributed by atoms with van der Waals surface area (Å²) in [6.45, 7) is 0.670. The Morgan fingerprint density at radius 1 is 0.623 bits per heavy atom. The predicted molar refractivity (Wildman–Crippen MR) is 207 cm³/mol. The maximum absolute atomic E-state index is 7.16. The fourth-order valence-electron chi connectivity index (χ4n) is 7.02. The van der Waals surface area contributed by atoms with Crippen LogP contribution in [0.2, 0.25) is 0 Å². The standard InChI is InChI=1S/C15H12N4.2C15H10N.2Au/c1-3-7-14-12(5-1)16-9-18(14)11-19-10-17-13-6-2-4-8-15(13)19;2*1-3-11-8-9-13-12-6-4-5-7-14(12)16(2)15(13)10-11;;/h1-8,12,14H,11H2;2*4-10H,2H3;;/q-2;2*-1;;. The van der Waals surface area contributed by atoms with Gasteiger partial charge >= 0.3 is 0 Å². The summed E-state index contributed by atoms with van der Waals surface area (Å²) in [6.07, 6.45) is 28.8. The van der Waals surface area contributed by atoms with Gasteiger partial charge in [-0.25, -0.2) is 0 Å². The molecular weight excluding hydrogens is 1020 g/mol. The minimum absolute atomic E-state index is 0. The zero-order chi connectivity index (χ0) is 34.9. The monoisotopic (exact) mass is 1050 g/mol. The SMILES string of the molecule is [Au].[Au].[C-]#Cc1ccc2c3ccccc3n(C)c2c1.[C-]#Cc1ccc2c3ccccc3n(C)c2c1.[C-]1=NC2C=CC=CC2N1Cn1[c-]nc2ccccc21. The van der Waals surface area contributed by atoms with Gasteiger partial charge in [-0.3, -0.25) is 18.2 Å². The Balaban J connectivity index is 0.000000134. The van der Waals surface area contributed by atoms with Crippen molar-refractivity contribution in [2.24, 2.45) is 19.1 Å². The number of rotatable bonds is 2. The smallest absolute Gasteiger partial charge is 0.0540 e. The van der Waals surface area contributed by atoms with E-state index in [1.54, 1.807) is 0 Å². The number of aromatic nitrogens is 4. The van der Waals surface area contributed by atoms with Gasteiger partial charge in [0, 0.05) is 122 Å². The molecule has 0 amide bonds. The Morgan fingerprint density at radius 2 is 1.13 bits per heavy atom. The van der Waals surface area contributed by atoms with Crippen molar-refractivity contribution in [3.63, 3.8) is 0 Å². The molecule has 1 aliphatic heterocycles. The molecule has 0 fully saturated rings. The molecule has 2 aliphatic rings. The number of aliphatic imine (C=N–C) groups is 1. The maximum Gasteiger partial charge on any atom is 0.0540 e. The number of aryl methyl sites for hydroxylation is 2. The van der Waals surface area contributed by atoms with Crippen LogP contribution in [-0.2, 0) is 65.5 Å². The van der Waals surface area contributed by atoms with Crippen molar-refractivity contribution < 1.29 is 44.8 Å². The Kier molecular flexibility index (Phi) is 11.4. The van der Waals surface area contributed by atoms with Crippen LogP contribution in [0.3, 0.4) is 0 Å². The van der Waals surface area contributed by atoms with Crippen LogP contribution in [0, 0.1) is 31.0 Å². The van der Waals surface area contributed by atoms with Crippen LogP contribution in [0.4, 0.5) is 0 Å². The fourth-order valence-corrected chi connectivity index (χ4v) is 7.02. The van der Waals surface area contributed by atoms with E-state index in [1.165, 1.54) is 32.6 Å². The molecule has 1 aliphatic carbocycles. The molecule has 0 saturated heterocycles. The Morgan fingerprint density at radius 3 is 1.72 bits per heavy atom. The molecule has 8 heteroatoms. The van der Waals surface area contributed by atoms with Crippen LogP contribution >= 0.6 is 0 Å². The van der Waals surface area contributed by atoms with Crippen LogP contribution in [0.15, 0.2) is 138 Å². The molecule has 0 spiro atoms. The molecule has 4 heterocycles. The van der Waals surface area contributed by atoms with Gasteiger partial charge in [0.05, 0.1) is 6.04 Å². The van der Waals surface area contributed by atoms with Gasteiger partial charge in [-0.15, -0.1) is 47.5 Å². The summed E-state index contributed by atoms with van der Waals surface area (Å²) in [5.41, 5.74) is 8.44. The van der Waals surface area contributed by atoms with Gasteiger partial charge in [-0.1, -0.05) is 96.0 Å². The van der Waals surface area contributed by atoms with Gasteiger partial charge in [-0.05, 0) is 12.1 Å². The number of hydrogen-bond donors (Lipinski definition) is 0. The van der Waals surface area contributed by atoms with E-state index in [9.17, 15) is 0 Å². The summed E-state index contributed by atoms with van der Waals surface area (Å²) in [5, 5.41) is 4.99. The average molecular weight is 1050 g/mol. The minimum Gasteiger partial charge on any atom is -0.515 e. The number of imidazole rings is 1. The number of fused-ring (bicyclic) bond motifs is 8. The molecule has 2 radical (unpaired) electrons. The van der Waals surface area contributed by atoms with E-state index in [1.807, 2.05) is 65.2 Å². The third-order valence-electron chi connectivity index (χ3n) is 9.65. The summed E-state index contributed by atoms with van der Waals surface area (Å²) < 4.78 is 6.32. The van der Waals surface area contributed by atoms with Gasteiger partial charge < -0.3 is 41.4 Å². The van der Waals surface area contributed by atoms with Crippen LogP contribution in [0.1, 0.15) is 11.1 Å². The van der Waals surface area contributed by atoms with Crippen molar-refractivity contribution >= 4 is 61.0 Å². The van der Waals surface area contributed by atoms with E-state index in [-0.39, 0.29) is 56.8 Å². The Hall–Kier alpha value is -5.28. The first-order valence-electron chi connectivity index (χ1n) is 16.7. The molecule has 0 saturated carbocycles. The first kappa shape index (κ1) is 37.5. The zero-order valence-electron chi connectivity index (χ0n) is 28.8. The molecule has 3 aromatic heterocycles. The molecule has 5 aromatic carbocycles. The second-order valence-corrected chi connectivity index (χ2v) is 12.6. The Bertz CT molecular complexity index is 2640. The van der Waals surface area contributed by atoms with Crippen LogP contribution in [0.5, 0.6) is 0 Å². The molecule has 268 valence electrons. The number of hydrogen-bond acceptors (Lipinski definition) is 3. The van der Waals surface area contributed by atoms with E-state index in [0.717, 1.165) is 33.2 Å². The summed E-state index contributed by atoms with van der Waals surface area (Å²) >= 11 is 0. The van der Waals surface area contributed by atoms with E-state index >= 15 is 0 Å². The summed E-state index contributed by atoms with van der Waals surface area (Å²) in [6, 6.07) is 37.2. The summed E-state index contributed by atoms with van der Waals surface area (Å²) in [5.74, 6) is 4.85. The topological polar surface area (TPSA) is 43.3 Å². The van der Waals surface area contributed by atoms with Crippen molar-refractivity contribution in [2.45, 2.75) is 18.8 Å². The van der Waals surface area contributed by atoms with Gasteiger partial charge in [0.2, 0.25) is 0 Å². The van der Waals surface area contributed by atoms with Crippen molar-refractivity contribution in [1.29, 1.82) is 0 Å². The molecule has 0 bridgehead atoms. The van der Waals surface area contributed by atoms with E-state index in [0.29, 0.717) is 6.67 Å². The maximum atomic E-state index is 7.16. The van der Waals surface area contributed by atoms with Crippen LogP contribution in [-0.4, -0.2) is 42.0 Å². The van der Waals surface area contributed by atoms with Crippen molar-refractivity contribution in [1.82, 2.24) is 23.6 Å². The molecule has 2 atom stereocenters. The van der Waals surface area contributed by atoms with Gasteiger partial charge in [0.1, 0.15) is 0 Å². The normalized spacial score (nSPS) is 15.2. The molecule has 8 aromatic rings. The van der Waals surface area contributed by atoms with Crippen molar-refractivity contribution in [3.05, 3.63) is 164 Å². The second kappa shape index (κ2) is 16.2. The number of allylic oxidation sites excluding steroid dienone is 2. The largest absolute Gasteiger partial charge is 0.515 e. The third kappa shape index (κ3) is 7.10. The number of benzene rings is 5. The Labute approximate surface area is 340 Å². The van der Waals surface area contributed by atoms with Crippen LogP contribution in [0.25, 0.3) is 54.6 Å². The first-order valence-corrected chi connectivity index (χ1v) is 16.7. The number of nitrogens with zero attached hydrogens (tertiary/aromatic N) is 6. The molecular formula is C45H32Au2N6-4. The third-order valence-corrected chi connectivity index (χ3v) is 9.65. The van der Waals surface area contributed by atoms with E-state index < -0.39 is 0 Å². The number of para-hydroxylation sites is 4. The van der Waals surface area contributed by atoms with Gasteiger partial charge in [-0.2, -0.15) is 0 Å². The predicted octanol–water partition coefficient (Wildman–Crippen LogP) is 8.41. The quantitative estimate of drug-likeness (QED) is 0.0993. The molecule has 10 rings (SSSR count). The van der Waals surface area contributed by atoms with E-state index in [2.05, 4.69) is 135 Å². The van der Waals surface area contributed by atoms with Crippen molar-refractivity contribution in [2.75, 3.05) is 0 Å².